The molecule has 3 amide bonds. The largest absolute Gasteiger partial charge is 0.480 e. The minimum absolute atomic E-state index is 0.0513. The van der Waals surface area contributed by atoms with Crippen LogP contribution in [-0.4, -0.2) is 29.1 Å². The number of nitrogens with one attached hydrogen (secondary N) is 2. The highest BCUT2D eigenvalue weighted by Crippen LogP contribution is 2.01. The van der Waals surface area contributed by atoms with Crippen LogP contribution in [-0.2, 0) is 9.59 Å². The van der Waals surface area contributed by atoms with Crippen molar-refractivity contribution in [3.8, 4) is 0 Å². The van der Waals surface area contributed by atoms with Gasteiger partial charge in [-0.05, 0) is 6.42 Å². The van der Waals surface area contributed by atoms with E-state index in [9.17, 15) is 14.4 Å². The first-order chi connectivity index (χ1) is 5.59. The van der Waals surface area contributed by atoms with Crippen molar-refractivity contribution in [2.45, 2.75) is 18.9 Å². The van der Waals surface area contributed by atoms with Gasteiger partial charge in [-0.2, -0.15) is 0 Å². The van der Waals surface area contributed by atoms with Crippen molar-refractivity contribution in [2.75, 3.05) is 0 Å². The summed E-state index contributed by atoms with van der Waals surface area (Å²) in [5.74, 6) is -1.57. The maximum atomic E-state index is 10.7. The van der Waals surface area contributed by atoms with Gasteiger partial charge in [0.25, 0.3) is 0 Å². The van der Waals surface area contributed by atoms with E-state index >= 15 is 0 Å². The SMILES string of the molecule is O=C1CC[C@@H](C(=O)O)NC(=O)N1. The van der Waals surface area contributed by atoms with E-state index in [-0.39, 0.29) is 12.8 Å². The third kappa shape index (κ3) is 1.94. The Hall–Kier alpha value is -1.59. The average Bonchev–Trinajstić information content (AvgIpc) is 2.11. The Morgan fingerprint density at radius 2 is 2.17 bits per heavy atom. The van der Waals surface area contributed by atoms with Crippen molar-refractivity contribution in [3.63, 3.8) is 0 Å². The van der Waals surface area contributed by atoms with Crippen molar-refractivity contribution < 1.29 is 19.5 Å². The molecule has 0 aromatic carbocycles. The molecule has 0 unspecified atom stereocenters. The molecule has 12 heavy (non-hydrogen) atoms. The molecular formula is C6H8N2O4. The van der Waals surface area contributed by atoms with E-state index in [4.69, 9.17) is 5.11 Å². The van der Waals surface area contributed by atoms with Gasteiger partial charge < -0.3 is 10.4 Å². The first-order valence-electron chi connectivity index (χ1n) is 3.43. The molecule has 0 bridgehead atoms. The molecule has 1 rings (SSSR count). The van der Waals surface area contributed by atoms with Gasteiger partial charge in [-0.25, -0.2) is 9.59 Å². The fourth-order valence-corrected chi connectivity index (χ4v) is 0.916. The van der Waals surface area contributed by atoms with Gasteiger partial charge in [0.15, 0.2) is 0 Å². The Balaban J connectivity index is 2.64. The molecule has 1 saturated heterocycles. The summed E-state index contributed by atoms with van der Waals surface area (Å²) in [6.45, 7) is 0. The number of imide groups is 1. The van der Waals surface area contributed by atoms with E-state index in [1.165, 1.54) is 0 Å². The molecule has 1 fully saturated rings. The topological polar surface area (TPSA) is 95.5 Å². The first kappa shape index (κ1) is 8.51. The van der Waals surface area contributed by atoms with Crippen LogP contribution in [0.1, 0.15) is 12.8 Å². The normalized spacial score (nSPS) is 23.8. The second-order valence-corrected chi connectivity index (χ2v) is 2.45. The van der Waals surface area contributed by atoms with Gasteiger partial charge in [0, 0.05) is 6.42 Å². The van der Waals surface area contributed by atoms with E-state index in [0.29, 0.717) is 0 Å². The van der Waals surface area contributed by atoms with Crippen LogP contribution in [0.15, 0.2) is 0 Å². The number of amides is 3. The Morgan fingerprint density at radius 3 is 2.75 bits per heavy atom. The minimum Gasteiger partial charge on any atom is -0.480 e. The molecule has 0 spiro atoms. The number of carboxylic acid groups (broad SMARTS) is 1. The molecule has 0 aromatic heterocycles. The van der Waals surface area contributed by atoms with E-state index in [2.05, 4.69) is 5.32 Å². The van der Waals surface area contributed by atoms with Crippen molar-refractivity contribution >= 4 is 17.9 Å². The molecular weight excluding hydrogens is 164 g/mol. The third-order valence-electron chi connectivity index (χ3n) is 1.52. The minimum atomic E-state index is -1.13. The second-order valence-electron chi connectivity index (χ2n) is 2.45. The van der Waals surface area contributed by atoms with Crippen molar-refractivity contribution in [1.82, 2.24) is 10.6 Å². The number of rotatable bonds is 1. The lowest BCUT2D eigenvalue weighted by atomic mass is 10.1. The summed E-state index contributed by atoms with van der Waals surface area (Å²) in [5.41, 5.74) is 0. The molecule has 1 atom stereocenters. The van der Waals surface area contributed by atoms with Crippen LogP contribution < -0.4 is 10.6 Å². The molecule has 0 aliphatic carbocycles. The molecule has 6 nitrogen and oxygen atoms in total. The maximum Gasteiger partial charge on any atom is 0.326 e. The number of hydrogen-bond acceptors (Lipinski definition) is 3. The third-order valence-corrected chi connectivity index (χ3v) is 1.52. The van der Waals surface area contributed by atoms with Gasteiger partial charge in [0.1, 0.15) is 6.04 Å². The van der Waals surface area contributed by atoms with Gasteiger partial charge >= 0.3 is 12.0 Å². The summed E-state index contributed by atoms with van der Waals surface area (Å²) >= 11 is 0. The fraction of sp³-hybridized carbons (Fsp3) is 0.500. The van der Waals surface area contributed by atoms with Gasteiger partial charge in [0.2, 0.25) is 5.91 Å². The smallest absolute Gasteiger partial charge is 0.326 e. The van der Waals surface area contributed by atoms with Crippen LogP contribution in [0.25, 0.3) is 0 Å². The van der Waals surface area contributed by atoms with Crippen molar-refractivity contribution in [1.29, 1.82) is 0 Å². The highest BCUT2D eigenvalue weighted by molar-refractivity contribution is 5.97. The summed E-state index contributed by atoms with van der Waals surface area (Å²) in [7, 11) is 0. The number of carbonyl (C=O) groups is 3. The van der Waals surface area contributed by atoms with E-state index in [1.807, 2.05) is 5.32 Å². The monoisotopic (exact) mass is 172 g/mol. The summed E-state index contributed by atoms with van der Waals surface area (Å²) in [5, 5.41) is 12.6. The molecule has 0 aromatic rings. The van der Waals surface area contributed by atoms with Crippen molar-refractivity contribution in [2.24, 2.45) is 0 Å². The lowest BCUT2D eigenvalue weighted by Gasteiger charge is -2.07. The zero-order valence-corrected chi connectivity index (χ0v) is 6.16. The van der Waals surface area contributed by atoms with Gasteiger partial charge in [-0.3, -0.25) is 10.1 Å². The second kappa shape index (κ2) is 3.21. The van der Waals surface area contributed by atoms with Crippen LogP contribution in [0.5, 0.6) is 0 Å². The standard InChI is InChI=1S/C6H8N2O4/c9-4-2-1-3(5(10)11)7-6(12)8-4/h3H,1-2H2,(H,10,11)(H2,7,8,9,12)/t3-/m0/s1. The van der Waals surface area contributed by atoms with Crippen LogP contribution >= 0.6 is 0 Å². The van der Waals surface area contributed by atoms with Crippen molar-refractivity contribution in [3.05, 3.63) is 0 Å². The van der Waals surface area contributed by atoms with Crippen LogP contribution in [0.2, 0.25) is 0 Å². The van der Waals surface area contributed by atoms with E-state index < -0.39 is 23.9 Å². The molecule has 6 heteroatoms. The van der Waals surface area contributed by atoms with Gasteiger partial charge in [-0.1, -0.05) is 0 Å². The van der Waals surface area contributed by atoms with Crippen LogP contribution in [0.3, 0.4) is 0 Å². The molecule has 0 radical (unpaired) electrons. The first-order valence-corrected chi connectivity index (χ1v) is 3.43. The van der Waals surface area contributed by atoms with Gasteiger partial charge in [-0.15, -0.1) is 0 Å². The molecule has 66 valence electrons. The highest BCUT2D eigenvalue weighted by Gasteiger charge is 2.25. The van der Waals surface area contributed by atoms with Gasteiger partial charge in [0.05, 0.1) is 0 Å². The number of aliphatic carboxylic acids is 1. The molecule has 1 aliphatic rings. The van der Waals surface area contributed by atoms with Crippen LogP contribution in [0.4, 0.5) is 4.79 Å². The average molecular weight is 172 g/mol. The molecule has 1 heterocycles. The molecule has 3 N–H and O–H groups in total. The molecule has 1 aliphatic heterocycles. The van der Waals surface area contributed by atoms with E-state index in [1.54, 1.807) is 0 Å². The number of urea groups is 1. The number of carbonyl (C=O) groups excluding carboxylic acids is 2. The zero-order valence-electron chi connectivity index (χ0n) is 6.16. The quantitative estimate of drug-likeness (QED) is 0.475. The summed E-state index contributed by atoms with van der Waals surface area (Å²) < 4.78 is 0. The predicted molar refractivity (Wildman–Crippen MR) is 37.3 cm³/mol. The highest BCUT2D eigenvalue weighted by atomic mass is 16.4. The Morgan fingerprint density at radius 1 is 1.50 bits per heavy atom. The summed E-state index contributed by atoms with van der Waals surface area (Å²) in [6.07, 6.45) is 0.183. The summed E-state index contributed by atoms with van der Waals surface area (Å²) in [4.78, 5) is 31.8. The Labute approximate surface area is 67.9 Å². The molecule has 0 saturated carbocycles. The predicted octanol–water partition coefficient (Wildman–Crippen LogP) is -0.941. The van der Waals surface area contributed by atoms with Crippen LogP contribution in [0, 0.1) is 0 Å². The zero-order chi connectivity index (χ0) is 9.14. The lowest BCUT2D eigenvalue weighted by molar-refractivity contribution is -0.139. The fourth-order valence-electron chi connectivity index (χ4n) is 0.916. The summed E-state index contributed by atoms with van der Waals surface area (Å²) in [6, 6.07) is -1.71. The number of hydrogen-bond donors (Lipinski definition) is 3. The van der Waals surface area contributed by atoms with E-state index in [0.717, 1.165) is 0 Å². The Bertz CT molecular complexity index is 238. The lowest BCUT2D eigenvalue weighted by Crippen LogP contribution is -2.43. The number of carboxylic acids is 1. The Kier molecular flexibility index (Phi) is 2.27. The maximum absolute atomic E-state index is 10.7.